The van der Waals surface area contributed by atoms with Crippen LogP contribution in [-0.4, -0.2) is 34.6 Å². The Hall–Kier alpha value is -3.11. The molecule has 0 spiro atoms. The standard InChI is InChI=1S/C23H20F5N5O2S/c24-16-8-14-15(19(22(27)28)32-36(34,35)12-4-5-12)10-33(11-2-1-3-11)23(14)31-20(16)18-13(21(25)26)6-7-30-17(18)9-29/h6-8,10-12,19,21-22,32H,1-5H2/t19-/m0/s1. The smallest absolute Gasteiger partial charge is 0.264 e. The predicted octanol–water partition coefficient (Wildman–Crippen LogP) is 5.16. The zero-order valence-corrected chi connectivity index (χ0v) is 19.5. The minimum Gasteiger partial charge on any atom is -0.329 e. The second-order valence-corrected chi connectivity index (χ2v) is 11.0. The highest BCUT2D eigenvalue weighted by atomic mass is 32.2. The largest absolute Gasteiger partial charge is 0.329 e. The molecule has 3 heterocycles. The fraction of sp³-hybridized carbons (Fsp3) is 0.435. The van der Waals surface area contributed by atoms with Gasteiger partial charge in [0.25, 0.3) is 12.9 Å². The van der Waals surface area contributed by atoms with E-state index in [9.17, 15) is 31.2 Å². The first kappa shape index (κ1) is 24.6. The number of hydrogen-bond donors (Lipinski definition) is 1. The Bertz CT molecular complexity index is 1480. The summed E-state index contributed by atoms with van der Waals surface area (Å²) in [5.74, 6) is -1.13. The molecule has 2 saturated carbocycles. The van der Waals surface area contributed by atoms with Gasteiger partial charge in [-0.3, -0.25) is 0 Å². The summed E-state index contributed by atoms with van der Waals surface area (Å²) in [7, 11) is -4.02. The van der Waals surface area contributed by atoms with E-state index < -0.39 is 62.5 Å². The number of hydrogen-bond acceptors (Lipinski definition) is 5. The second kappa shape index (κ2) is 9.08. The van der Waals surface area contributed by atoms with Gasteiger partial charge in [0.2, 0.25) is 10.0 Å². The van der Waals surface area contributed by atoms with Crippen molar-refractivity contribution < 1.29 is 30.4 Å². The molecule has 0 saturated heterocycles. The molecule has 0 aliphatic heterocycles. The summed E-state index contributed by atoms with van der Waals surface area (Å²) in [6.45, 7) is 0. The van der Waals surface area contributed by atoms with Crippen LogP contribution in [0, 0.1) is 17.1 Å². The molecular weight excluding hydrogens is 505 g/mol. The zero-order valence-electron chi connectivity index (χ0n) is 18.6. The second-order valence-electron chi connectivity index (χ2n) is 8.98. The Morgan fingerprint density at radius 2 is 1.86 bits per heavy atom. The molecule has 7 nitrogen and oxygen atoms in total. The van der Waals surface area contributed by atoms with Crippen LogP contribution in [-0.2, 0) is 10.0 Å². The fourth-order valence-electron chi connectivity index (χ4n) is 4.43. The summed E-state index contributed by atoms with van der Waals surface area (Å²) in [6, 6.07) is 1.40. The highest BCUT2D eigenvalue weighted by molar-refractivity contribution is 7.90. The number of nitriles is 1. The number of fused-ring (bicyclic) bond motifs is 1. The van der Waals surface area contributed by atoms with Crippen molar-refractivity contribution in [1.29, 1.82) is 5.26 Å². The Balaban J connectivity index is 1.72. The summed E-state index contributed by atoms with van der Waals surface area (Å²) in [5.41, 5.74) is -2.25. The molecule has 0 amide bonds. The number of rotatable bonds is 8. The molecule has 36 heavy (non-hydrogen) atoms. The number of aromatic nitrogens is 3. The molecule has 3 aromatic heterocycles. The number of sulfonamides is 1. The molecular formula is C23H20F5N5O2S. The van der Waals surface area contributed by atoms with E-state index in [1.54, 1.807) is 10.6 Å². The van der Waals surface area contributed by atoms with Gasteiger partial charge in [-0.05, 0) is 44.2 Å². The van der Waals surface area contributed by atoms with Crippen LogP contribution >= 0.6 is 0 Å². The van der Waals surface area contributed by atoms with Crippen LogP contribution in [0.4, 0.5) is 22.0 Å². The molecule has 3 aromatic rings. The van der Waals surface area contributed by atoms with Crippen molar-refractivity contribution in [2.75, 3.05) is 0 Å². The summed E-state index contributed by atoms with van der Waals surface area (Å²) in [6.07, 6.45) is -0.893. The first-order valence-corrected chi connectivity index (χ1v) is 12.8. The van der Waals surface area contributed by atoms with E-state index in [1.165, 1.54) is 6.20 Å². The number of halogens is 5. The van der Waals surface area contributed by atoms with Crippen LogP contribution in [0.2, 0.25) is 0 Å². The van der Waals surface area contributed by atoms with Crippen molar-refractivity contribution in [3.8, 4) is 17.3 Å². The van der Waals surface area contributed by atoms with Crippen molar-refractivity contribution in [2.24, 2.45) is 0 Å². The summed E-state index contributed by atoms with van der Waals surface area (Å²) in [5, 5.41) is 8.61. The third-order valence-electron chi connectivity index (χ3n) is 6.66. The van der Waals surface area contributed by atoms with E-state index in [2.05, 4.69) is 14.7 Å². The molecule has 2 aliphatic carbocycles. The number of nitrogens with one attached hydrogen (secondary N) is 1. The molecule has 1 atom stereocenters. The highest BCUT2D eigenvalue weighted by Gasteiger charge is 2.40. The minimum absolute atomic E-state index is 0.0373. The van der Waals surface area contributed by atoms with Crippen LogP contribution in [0.1, 0.15) is 67.4 Å². The lowest BCUT2D eigenvalue weighted by Crippen LogP contribution is -2.35. The molecule has 0 aromatic carbocycles. The molecule has 5 rings (SSSR count). The van der Waals surface area contributed by atoms with E-state index in [-0.39, 0.29) is 22.6 Å². The van der Waals surface area contributed by atoms with Gasteiger partial charge in [-0.25, -0.2) is 45.1 Å². The topological polar surface area (TPSA) is 101 Å². The quantitative estimate of drug-likeness (QED) is 0.410. The monoisotopic (exact) mass is 525 g/mol. The third kappa shape index (κ3) is 4.22. The van der Waals surface area contributed by atoms with E-state index in [0.29, 0.717) is 25.7 Å². The van der Waals surface area contributed by atoms with Crippen LogP contribution < -0.4 is 4.72 Å². The Morgan fingerprint density at radius 1 is 1.14 bits per heavy atom. The number of pyridine rings is 2. The first-order chi connectivity index (χ1) is 17.1. The first-order valence-electron chi connectivity index (χ1n) is 11.3. The lowest BCUT2D eigenvalue weighted by Gasteiger charge is -2.27. The van der Waals surface area contributed by atoms with Gasteiger partial charge in [-0.1, -0.05) is 0 Å². The van der Waals surface area contributed by atoms with Crippen molar-refractivity contribution in [3.05, 3.63) is 47.2 Å². The van der Waals surface area contributed by atoms with Gasteiger partial charge in [-0.2, -0.15) is 5.26 Å². The average Bonchev–Trinajstić information content (AvgIpc) is 3.60. The Labute approximate surface area is 203 Å². The minimum atomic E-state index is -4.02. The Morgan fingerprint density at radius 3 is 2.42 bits per heavy atom. The van der Waals surface area contributed by atoms with E-state index >= 15 is 4.39 Å². The van der Waals surface area contributed by atoms with Crippen molar-refractivity contribution >= 4 is 21.1 Å². The van der Waals surface area contributed by atoms with Gasteiger partial charge >= 0.3 is 0 Å². The molecule has 0 unspecified atom stereocenters. The average molecular weight is 526 g/mol. The number of nitrogens with zero attached hydrogens (tertiary/aromatic N) is 4. The van der Waals surface area contributed by atoms with Gasteiger partial charge in [0.05, 0.1) is 5.25 Å². The van der Waals surface area contributed by atoms with Gasteiger partial charge in [0.1, 0.15) is 35.0 Å². The molecule has 1 N–H and O–H groups in total. The van der Waals surface area contributed by atoms with Gasteiger partial charge in [0.15, 0.2) is 0 Å². The summed E-state index contributed by atoms with van der Waals surface area (Å²) < 4.78 is 99.7. The third-order valence-corrected chi connectivity index (χ3v) is 8.59. The molecule has 2 fully saturated rings. The molecule has 0 bridgehead atoms. The lowest BCUT2D eigenvalue weighted by molar-refractivity contribution is 0.109. The summed E-state index contributed by atoms with van der Waals surface area (Å²) in [4.78, 5) is 8.01. The molecule has 13 heteroatoms. The van der Waals surface area contributed by atoms with Gasteiger partial charge in [-0.15, -0.1) is 0 Å². The van der Waals surface area contributed by atoms with Crippen LogP contribution in [0.5, 0.6) is 0 Å². The van der Waals surface area contributed by atoms with Crippen LogP contribution in [0.3, 0.4) is 0 Å². The summed E-state index contributed by atoms with van der Waals surface area (Å²) >= 11 is 0. The molecule has 190 valence electrons. The SMILES string of the molecule is N#Cc1nccc(C(F)F)c1-c1nc2c(cc1F)c([C@H](NS(=O)(=O)C1CC1)C(F)F)cn2C1CCC1. The lowest BCUT2D eigenvalue weighted by atomic mass is 9.93. The fourth-order valence-corrected chi connectivity index (χ4v) is 5.96. The Kier molecular flexibility index (Phi) is 6.20. The van der Waals surface area contributed by atoms with Crippen LogP contribution in [0.25, 0.3) is 22.3 Å². The normalized spacial score (nSPS) is 17.5. The predicted molar refractivity (Wildman–Crippen MR) is 119 cm³/mol. The van der Waals surface area contributed by atoms with E-state index in [1.807, 2.05) is 0 Å². The van der Waals surface area contributed by atoms with Gasteiger partial charge < -0.3 is 4.57 Å². The van der Waals surface area contributed by atoms with Crippen molar-refractivity contribution in [1.82, 2.24) is 19.3 Å². The molecule has 2 aliphatic rings. The molecule has 0 radical (unpaired) electrons. The maximum absolute atomic E-state index is 15.4. The van der Waals surface area contributed by atoms with Gasteiger partial charge in [0, 0.05) is 40.5 Å². The van der Waals surface area contributed by atoms with E-state index in [0.717, 1.165) is 24.8 Å². The maximum atomic E-state index is 15.4. The maximum Gasteiger partial charge on any atom is 0.264 e. The van der Waals surface area contributed by atoms with Crippen LogP contribution in [0.15, 0.2) is 24.5 Å². The van der Waals surface area contributed by atoms with Crippen molar-refractivity contribution in [2.45, 2.75) is 62.3 Å². The number of alkyl halides is 4. The highest BCUT2D eigenvalue weighted by Crippen LogP contribution is 2.41. The zero-order chi connectivity index (χ0) is 25.8. The van der Waals surface area contributed by atoms with Crippen molar-refractivity contribution in [3.63, 3.8) is 0 Å². The van der Waals surface area contributed by atoms with E-state index in [4.69, 9.17) is 0 Å².